The van der Waals surface area contributed by atoms with Gasteiger partial charge in [-0.1, -0.05) is 37.7 Å². The maximum absolute atomic E-state index is 13.2. The number of hydrogen-bond acceptors (Lipinski definition) is 7. The van der Waals surface area contributed by atoms with E-state index < -0.39 is 12.4 Å². The fraction of sp³-hybridized carbons (Fsp3) is 0.281. The average Bonchev–Trinajstić information content (AvgIpc) is 3.63. The maximum Gasteiger partial charge on any atom is 0.573 e. The summed E-state index contributed by atoms with van der Waals surface area (Å²) in [5.41, 5.74) is 4.89. The molecule has 3 aromatic carbocycles. The summed E-state index contributed by atoms with van der Waals surface area (Å²) >= 11 is 1.19. The fourth-order valence-electron chi connectivity index (χ4n) is 4.84. The lowest BCUT2D eigenvalue weighted by Gasteiger charge is -2.23. The van der Waals surface area contributed by atoms with Gasteiger partial charge in [-0.15, -0.1) is 18.3 Å². The van der Waals surface area contributed by atoms with E-state index in [2.05, 4.69) is 25.1 Å². The molecule has 0 bridgehead atoms. The average molecular weight is 653 g/mol. The minimum absolute atomic E-state index is 0.00418. The molecule has 1 N–H and O–H groups in total. The minimum Gasteiger partial charge on any atom is -0.406 e. The molecule has 1 saturated heterocycles. The summed E-state index contributed by atoms with van der Waals surface area (Å²) in [7, 11) is 1.59. The van der Waals surface area contributed by atoms with Crippen molar-refractivity contribution >= 4 is 40.2 Å². The third-order valence-electron chi connectivity index (χ3n) is 7.18. The molecule has 2 heterocycles. The van der Waals surface area contributed by atoms with Crippen LogP contribution in [0.25, 0.3) is 17.1 Å². The number of hydrogen-bond donors (Lipinski definition) is 1. The van der Waals surface area contributed by atoms with E-state index in [9.17, 15) is 22.8 Å². The van der Waals surface area contributed by atoms with Crippen LogP contribution in [-0.2, 0) is 9.53 Å². The third kappa shape index (κ3) is 7.40. The van der Waals surface area contributed by atoms with Crippen molar-refractivity contribution in [3.05, 3.63) is 83.7 Å². The molecule has 5 rings (SSSR count). The number of nitrogens with zero attached hydrogens (tertiary/aromatic N) is 5. The largest absolute Gasteiger partial charge is 0.573 e. The van der Waals surface area contributed by atoms with Crippen molar-refractivity contribution in [1.82, 2.24) is 14.8 Å². The number of anilines is 2. The third-order valence-corrected chi connectivity index (χ3v) is 8.10. The molecule has 0 spiro atoms. The van der Waals surface area contributed by atoms with Gasteiger partial charge in [-0.3, -0.25) is 9.69 Å². The lowest BCUT2D eigenvalue weighted by Crippen LogP contribution is -2.31. The lowest BCUT2D eigenvalue weighted by molar-refractivity contribution is -0.274. The lowest BCUT2D eigenvalue weighted by atomic mass is 9.98. The summed E-state index contributed by atoms with van der Waals surface area (Å²) in [6.45, 7) is 7.76. The van der Waals surface area contributed by atoms with Crippen LogP contribution in [0.4, 0.5) is 29.3 Å². The molecule has 1 aromatic heterocycles. The number of halogens is 3. The summed E-state index contributed by atoms with van der Waals surface area (Å²) in [5, 5.41) is 7.60. The van der Waals surface area contributed by atoms with Gasteiger partial charge in [-0.05, 0) is 79.4 Å². The second kappa shape index (κ2) is 13.3. The number of urea groups is 1. The number of amides is 3. The number of methoxy groups -OCH3 is 1. The zero-order valence-corrected chi connectivity index (χ0v) is 26.4. The number of benzene rings is 3. The predicted octanol–water partition coefficient (Wildman–Crippen LogP) is 7.64. The number of amidine groups is 1. The topological polar surface area (TPSA) is 111 Å². The Hall–Kier alpha value is -4.69. The van der Waals surface area contributed by atoms with Crippen molar-refractivity contribution < 1.29 is 32.2 Å². The Kier molecular flexibility index (Phi) is 9.49. The van der Waals surface area contributed by atoms with E-state index in [1.54, 1.807) is 19.2 Å². The van der Waals surface area contributed by atoms with Crippen LogP contribution in [0.2, 0.25) is 0 Å². The first kappa shape index (κ1) is 32.7. The smallest absolute Gasteiger partial charge is 0.406 e. The number of ether oxygens (including phenoxy) is 2. The molecule has 10 nitrogen and oxygen atoms in total. The van der Waals surface area contributed by atoms with Crippen LogP contribution in [-0.4, -0.2) is 51.1 Å². The summed E-state index contributed by atoms with van der Waals surface area (Å²) < 4.78 is 48.3. The van der Waals surface area contributed by atoms with E-state index in [-0.39, 0.29) is 34.6 Å². The van der Waals surface area contributed by atoms with E-state index in [1.165, 1.54) is 51.9 Å². The number of aliphatic imine (C=N–C) groups is 1. The Morgan fingerprint density at radius 1 is 1.04 bits per heavy atom. The normalized spacial score (nSPS) is 15.1. The summed E-state index contributed by atoms with van der Waals surface area (Å²) in [4.78, 5) is 36.3. The number of carbonyl (C=O) groups is 2. The zero-order valence-electron chi connectivity index (χ0n) is 25.6. The SMILES string of the molecule is COC(C)c1ccc(C)cc1N1C(=O)CSC1=NC(=O)Nc1ccc(-c2ncn(-c3ccc(OC(F)(F)F)cc3)n2)cc1C(C)C. The molecule has 0 saturated carbocycles. The highest BCUT2D eigenvalue weighted by atomic mass is 32.2. The van der Waals surface area contributed by atoms with Crippen molar-refractivity contribution in [2.24, 2.45) is 4.99 Å². The first-order valence-corrected chi connectivity index (χ1v) is 15.2. The van der Waals surface area contributed by atoms with Crippen molar-refractivity contribution in [3.8, 4) is 22.8 Å². The highest BCUT2D eigenvalue weighted by molar-refractivity contribution is 8.15. The van der Waals surface area contributed by atoms with Crippen molar-refractivity contribution in [2.75, 3.05) is 23.1 Å². The summed E-state index contributed by atoms with van der Waals surface area (Å²) in [6.07, 6.45) is -3.61. The Bertz CT molecular complexity index is 1790. The summed E-state index contributed by atoms with van der Waals surface area (Å²) in [6, 6.07) is 15.7. The monoisotopic (exact) mass is 652 g/mol. The van der Waals surface area contributed by atoms with E-state index >= 15 is 0 Å². The minimum atomic E-state index is -4.78. The van der Waals surface area contributed by atoms with Gasteiger partial charge in [-0.25, -0.2) is 14.5 Å². The van der Waals surface area contributed by atoms with Crippen molar-refractivity contribution in [2.45, 2.75) is 46.1 Å². The van der Waals surface area contributed by atoms with Gasteiger partial charge in [-0.2, -0.15) is 4.99 Å². The Morgan fingerprint density at radius 3 is 2.46 bits per heavy atom. The van der Waals surface area contributed by atoms with Crippen LogP contribution in [0.5, 0.6) is 5.75 Å². The molecule has 240 valence electrons. The van der Waals surface area contributed by atoms with Gasteiger partial charge in [0.2, 0.25) is 5.91 Å². The van der Waals surface area contributed by atoms with Crippen LogP contribution < -0.4 is 15.0 Å². The number of thioether (sulfide) groups is 1. The van der Waals surface area contributed by atoms with Crippen molar-refractivity contribution in [1.29, 1.82) is 0 Å². The molecule has 14 heteroatoms. The van der Waals surface area contributed by atoms with Gasteiger partial charge < -0.3 is 14.8 Å². The predicted molar refractivity (Wildman–Crippen MR) is 171 cm³/mol. The molecule has 46 heavy (non-hydrogen) atoms. The quantitative estimate of drug-likeness (QED) is 0.208. The fourth-order valence-corrected chi connectivity index (χ4v) is 5.70. The first-order chi connectivity index (χ1) is 21.8. The molecular weight excluding hydrogens is 621 g/mol. The molecule has 4 aromatic rings. The molecule has 1 atom stereocenters. The maximum atomic E-state index is 13.2. The molecule has 1 unspecified atom stereocenters. The van der Waals surface area contributed by atoms with Gasteiger partial charge in [0.1, 0.15) is 12.1 Å². The number of nitrogens with one attached hydrogen (secondary N) is 1. The zero-order chi connectivity index (χ0) is 33.2. The van der Waals surface area contributed by atoms with E-state index in [1.807, 2.05) is 52.0 Å². The Labute approximate surface area is 267 Å². The van der Waals surface area contributed by atoms with Crippen LogP contribution in [0.15, 0.2) is 72.0 Å². The molecule has 1 fully saturated rings. The van der Waals surface area contributed by atoms with Crippen LogP contribution in [0, 0.1) is 6.92 Å². The Morgan fingerprint density at radius 2 is 1.78 bits per heavy atom. The van der Waals surface area contributed by atoms with Gasteiger partial charge in [0, 0.05) is 23.9 Å². The van der Waals surface area contributed by atoms with E-state index in [4.69, 9.17) is 4.74 Å². The number of rotatable bonds is 8. The van der Waals surface area contributed by atoms with Crippen LogP contribution in [0.3, 0.4) is 0 Å². The number of aryl methyl sites for hydroxylation is 1. The van der Waals surface area contributed by atoms with Crippen LogP contribution in [0.1, 0.15) is 49.5 Å². The molecule has 1 aliphatic rings. The van der Waals surface area contributed by atoms with Gasteiger partial charge in [0.05, 0.1) is 23.2 Å². The second-order valence-corrected chi connectivity index (χ2v) is 11.7. The highest BCUT2D eigenvalue weighted by Crippen LogP contribution is 2.35. The van der Waals surface area contributed by atoms with Gasteiger partial charge in [0.25, 0.3) is 0 Å². The van der Waals surface area contributed by atoms with Gasteiger partial charge in [0.15, 0.2) is 11.0 Å². The number of carbonyl (C=O) groups excluding carboxylic acids is 2. The number of aromatic nitrogens is 3. The van der Waals surface area contributed by atoms with Crippen molar-refractivity contribution in [3.63, 3.8) is 0 Å². The molecule has 1 aliphatic heterocycles. The molecule has 3 amide bonds. The Balaban J connectivity index is 1.36. The molecule has 0 aliphatic carbocycles. The molecule has 0 radical (unpaired) electrons. The van der Waals surface area contributed by atoms with Crippen LogP contribution >= 0.6 is 11.8 Å². The second-order valence-electron chi connectivity index (χ2n) is 10.8. The van der Waals surface area contributed by atoms with Gasteiger partial charge >= 0.3 is 12.4 Å². The number of alkyl halides is 3. The summed E-state index contributed by atoms with van der Waals surface area (Å²) in [5.74, 6) is 0.00321. The van der Waals surface area contributed by atoms with E-state index in [0.29, 0.717) is 28.5 Å². The first-order valence-electron chi connectivity index (χ1n) is 14.2. The molecular formula is C32H31F3N6O4S. The highest BCUT2D eigenvalue weighted by Gasteiger charge is 2.33. The standard InChI is InChI=1S/C32H31F3N6O4S/c1-18(2)25-15-21(29-36-17-40(39-29)22-8-10-23(11-9-22)45-32(33,34)35)7-13-26(25)37-30(43)38-31-41(28(42)16-46-31)27-14-19(3)6-12-24(27)20(4)44-5/h6-15,17-18,20H,16H2,1-5H3,(H,37,43). The van der Waals surface area contributed by atoms with E-state index in [0.717, 1.165) is 16.7 Å².